The number of nitrogens with one attached hydrogen (secondary N) is 1. The lowest BCUT2D eigenvalue weighted by molar-refractivity contribution is 0.0698. The zero-order chi connectivity index (χ0) is 13.3. The molecule has 3 unspecified atom stereocenters. The first-order chi connectivity index (χ1) is 8.50. The first kappa shape index (κ1) is 12.9. The second-order valence-corrected chi connectivity index (χ2v) is 5.47. The van der Waals surface area contributed by atoms with E-state index in [4.69, 9.17) is 0 Å². The van der Waals surface area contributed by atoms with E-state index >= 15 is 0 Å². The van der Waals surface area contributed by atoms with Gasteiger partial charge in [-0.1, -0.05) is 26.0 Å². The smallest absolute Gasteiger partial charge is 0.337 e. The van der Waals surface area contributed by atoms with Gasteiger partial charge >= 0.3 is 5.97 Å². The number of carboxylic acids is 1. The third-order valence-corrected chi connectivity index (χ3v) is 4.30. The summed E-state index contributed by atoms with van der Waals surface area (Å²) in [6, 6.07) is 5.81. The molecule has 18 heavy (non-hydrogen) atoms. The highest BCUT2D eigenvalue weighted by molar-refractivity contribution is 5.95. The van der Waals surface area contributed by atoms with Crippen molar-refractivity contribution in [3.8, 4) is 0 Å². The summed E-state index contributed by atoms with van der Waals surface area (Å²) in [5.74, 6) is 0.436. The van der Waals surface area contributed by atoms with Crippen molar-refractivity contribution < 1.29 is 9.90 Å². The van der Waals surface area contributed by atoms with E-state index in [2.05, 4.69) is 19.2 Å². The molecule has 0 bridgehead atoms. The van der Waals surface area contributed by atoms with Crippen molar-refractivity contribution in [2.75, 3.05) is 5.32 Å². The van der Waals surface area contributed by atoms with Gasteiger partial charge < -0.3 is 10.4 Å². The van der Waals surface area contributed by atoms with Crippen LogP contribution in [0.3, 0.4) is 0 Å². The van der Waals surface area contributed by atoms with Crippen LogP contribution in [0.5, 0.6) is 0 Å². The first-order valence-corrected chi connectivity index (χ1v) is 6.60. The largest absolute Gasteiger partial charge is 0.478 e. The average Bonchev–Trinajstić information content (AvgIpc) is 2.63. The zero-order valence-corrected chi connectivity index (χ0v) is 11.2. The molecule has 3 heteroatoms. The number of carboxylic acid groups (broad SMARTS) is 1. The third kappa shape index (κ3) is 2.35. The number of aryl methyl sites for hydroxylation is 1. The molecule has 0 heterocycles. The van der Waals surface area contributed by atoms with Gasteiger partial charge in [-0.25, -0.2) is 4.79 Å². The Kier molecular flexibility index (Phi) is 3.60. The highest BCUT2D eigenvalue weighted by Gasteiger charge is 2.30. The molecule has 0 aliphatic heterocycles. The normalized spacial score (nSPS) is 27.2. The predicted molar refractivity (Wildman–Crippen MR) is 73.1 cm³/mol. The summed E-state index contributed by atoms with van der Waals surface area (Å²) in [4.78, 5) is 11.3. The maximum atomic E-state index is 11.3. The molecule has 1 aliphatic carbocycles. The number of para-hydroxylation sites is 1. The van der Waals surface area contributed by atoms with Gasteiger partial charge in [-0.2, -0.15) is 0 Å². The average molecular weight is 247 g/mol. The third-order valence-electron chi connectivity index (χ3n) is 4.30. The number of carbonyl (C=O) groups is 1. The number of hydrogen-bond acceptors (Lipinski definition) is 2. The van der Waals surface area contributed by atoms with Gasteiger partial charge in [-0.05, 0) is 43.2 Å². The van der Waals surface area contributed by atoms with Crippen molar-refractivity contribution in [2.45, 2.75) is 39.7 Å². The second-order valence-electron chi connectivity index (χ2n) is 5.47. The topological polar surface area (TPSA) is 49.3 Å². The van der Waals surface area contributed by atoms with Crippen LogP contribution in [0.15, 0.2) is 18.2 Å². The van der Waals surface area contributed by atoms with Gasteiger partial charge in [0.15, 0.2) is 0 Å². The van der Waals surface area contributed by atoms with E-state index in [0.29, 0.717) is 23.4 Å². The van der Waals surface area contributed by atoms with Gasteiger partial charge in [0.25, 0.3) is 0 Å². The SMILES string of the molecule is Cc1cccc(C(=O)O)c1NC1CCC(C)C1C. The lowest BCUT2D eigenvalue weighted by atomic mass is 9.97. The number of aromatic carboxylic acids is 1. The first-order valence-electron chi connectivity index (χ1n) is 6.60. The molecule has 3 nitrogen and oxygen atoms in total. The molecule has 98 valence electrons. The van der Waals surface area contributed by atoms with Crippen LogP contribution in [0.25, 0.3) is 0 Å². The summed E-state index contributed by atoms with van der Waals surface area (Å²) in [5, 5.41) is 12.7. The molecular weight excluding hydrogens is 226 g/mol. The van der Waals surface area contributed by atoms with Crippen molar-refractivity contribution in [2.24, 2.45) is 11.8 Å². The Hall–Kier alpha value is -1.51. The van der Waals surface area contributed by atoms with Crippen LogP contribution in [0, 0.1) is 18.8 Å². The molecule has 1 aliphatic rings. The van der Waals surface area contributed by atoms with Crippen LogP contribution in [0.1, 0.15) is 42.6 Å². The minimum atomic E-state index is -0.861. The van der Waals surface area contributed by atoms with Crippen LogP contribution >= 0.6 is 0 Å². The van der Waals surface area contributed by atoms with Crippen LogP contribution in [0.4, 0.5) is 5.69 Å². The van der Waals surface area contributed by atoms with Crippen LogP contribution < -0.4 is 5.32 Å². The molecule has 1 aromatic carbocycles. The van der Waals surface area contributed by atoms with E-state index in [1.807, 2.05) is 13.0 Å². The van der Waals surface area contributed by atoms with Gasteiger partial charge in [-0.15, -0.1) is 0 Å². The molecule has 3 atom stereocenters. The Balaban J connectivity index is 2.26. The van der Waals surface area contributed by atoms with E-state index in [0.717, 1.165) is 17.7 Å². The second kappa shape index (κ2) is 5.01. The minimum absolute atomic E-state index is 0.377. The van der Waals surface area contributed by atoms with Gasteiger partial charge in [0, 0.05) is 6.04 Å². The quantitative estimate of drug-likeness (QED) is 0.859. The van der Waals surface area contributed by atoms with Gasteiger partial charge in [0.1, 0.15) is 0 Å². The number of benzene rings is 1. The standard InChI is InChI=1S/C15H21NO2/c1-9-7-8-13(11(9)3)16-14-10(2)5-4-6-12(14)15(17)18/h4-6,9,11,13,16H,7-8H2,1-3H3,(H,17,18). The summed E-state index contributed by atoms with van der Waals surface area (Å²) >= 11 is 0. The Morgan fingerprint density at radius 2 is 2.06 bits per heavy atom. The summed E-state index contributed by atoms with van der Waals surface area (Å²) in [5.41, 5.74) is 2.17. The van der Waals surface area contributed by atoms with Crippen molar-refractivity contribution in [3.63, 3.8) is 0 Å². The van der Waals surface area contributed by atoms with Crippen molar-refractivity contribution in [3.05, 3.63) is 29.3 Å². The summed E-state index contributed by atoms with van der Waals surface area (Å²) < 4.78 is 0. The number of anilines is 1. The highest BCUT2D eigenvalue weighted by atomic mass is 16.4. The molecule has 1 saturated carbocycles. The van der Waals surface area contributed by atoms with Gasteiger partial charge in [-0.3, -0.25) is 0 Å². The predicted octanol–water partition coefficient (Wildman–Crippen LogP) is 3.54. The van der Waals surface area contributed by atoms with Crippen LogP contribution in [-0.4, -0.2) is 17.1 Å². The Morgan fingerprint density at radius 1 is 1.33 bits per heavy atom. The lowest BCUT2D eigenvalue weighted by Crippen LogP contribution is -2.25. The van der Waals surface area contributed by atoms with Crippen LogP contribution in [-0.2, 0) is 0 Å². The molecule has 0 spiro atoms. The lowest BCUT2D eigenvalue weighted by Gasteiger charge is -2.23. The Bertz CT molecular complexity index is 456. The van der Waals surface area contributed by atoms with Crippen molar-refractivity contribution in [1.82, 2.24) is 0 Å². The molecule has 1 fully saturated rings. The molecule has 0 amide bonds. The number of rotatable bonds is 3. The van der Waals surface area contributed by atoms with Crippen molar-refractivity contribution >= 4 is 11.7 Å². The molecule has 0 radical (unpaired) electrons. The maximum Gasteiger partial charge on any atom is 0.337 e. The molecule has 0 saturated heterocycles. The monoisotopic (exact) mass is 247 g/mol. The molecule has 2 N–H and O–H groups in total. The van der Waals surface area contributed by atoms with E-state index < -0.39 is 5.97 Å². The summed E-state index contributed by atoms with van der Waals surface area (Å²) in [6.07, 6.45) is 2.34. The minimum Gasteiger partial charge on any atom is -0.478 e. The van der Waals surface area contributed by atoms with Gasteiger partial charge in [0.2, 0.25) is 0 Å². The molecule has 2 rings (SSSR count). The van der Waals surface area contributed by atoms with E-state index in [1.165, 1.54) is 6.42 Å². The fraction of sp³-hybridized carbons (Fsp3) is 0.533. The van der Waals surface area contributed by atoms with Crippen molar-refractivity contribution in [1.29, 1.82) is 0 Å². The Morgan fingerprint density at radius 3 is 2.61 bits per heavy atom. The van der Waals surface area contributed by atoms with E-state index in [9.17, 15) is 9.90 Å². The molecule has 0 aromatic heterocycles. The highest BCUT2D eigenvalue weighted by Crippen LogP contribution is 2.34. The zero-order valence-electron chi connectivity index (χ0n) is 11.2. The van der Waals surface area contributed by atoms with Gasteiger partial charge in [0.05, 0.1) is 11.3 Å². The maximum absolute atomic E-state index is 11.3. The van der Waals surface area contributed by atoms with Crippen LogP contribution in [0.2, 0.25) is 0 Å². The number of hydrogen-bond donors (Lipinski definition) is 2. The Labute approximate surface area is 108 Å². The fourth-order valence-corrected chi connectivity index (χ4v) is 2.79. The molecular formula is C15H21NO2. The van der Waals surface area contributed by atoms with E-state index in [1.54, 1.807) is 12.1 Å². The molecule has 1 aromatic rings. The van der Waals surface area contributed by atoms with E-state index in [-0.39, 0.29) is 0 Å². The summed E-state index contributed by atoms with van der Waals surface area (Å²) in [7, 11) is 0. The summed E-state index contributed by atoms with van der Waals surface area (Å²) in [6.45, 7) is 6.47. The fourth-order valence-electron chi connectivity index (χ4n) is 2.79.